The first-order valence-corrected chi connectivity index (χ1v) is 4.58. The summed E-state index contributed by atoms with van der Waals surface area (Å²) in [4.78, 5) is 4.11. The lowest BCUT2D eigenvalue weighted by Gasteiger charge is -2.14. The second-order valence-corrected chi connectivity index (χ2v) is 3.58. The van der Waals surface area contributed by atoms with Gasteiger partial charge in [-0.25, -0.2) is 0 Å². The fourth-order valence-electron chi connectivity index (χ4n) is 1.20. The van der Waals surface area contributed by atoms with Crippen LogP contribution in [0.2, 0.25) is 0 Å². The molecular weight excluding hydrogens is 176 g/mol. The quantitative estimate of drug-likeness (QED) is 0.501. The zero-order valence-electron chi connectivity index (χ0n) is 8.76. The molecule has 4 nitrogen and oxygen atoms in total. The van der Waals surface area contributed by atoms with Crippen LogP contribution in [-0.4, -0.2) is 16.9 Å². The Morgan fingerprint density at radius 2 is 2.21 bits per heavy atom. The number of anilines is 1. The number of nitrogens with zero attached hydrogens (tertiary/aromatic N) is 1. The molecule has 0 atom stereocenters. The van der Waals surface area contributed by atoms with Crippen LogP contribution in [0, 0.1) is 12.3 Å². The molecule has 0 fully saturated rings. The zero-order chi connectivity index (χ0) is 10.7. The van der Waals surface area contributed by atoms with Gasteiger partial charge in [0.05, 0.1) is 5.56 Å². The van der Waals surface area contributed by atoms with Gasteiger partial charge in [0.25, 0.3) is 0 Å². The minimum Gasteiger partial charge on any atom is -0.384 e. The molecule has 1 rings (SSSR count). The van der Waals surface area contributed by atoms with E-state index < -0.39 is 0 Å². The summed E-state index contributed by atoms with van der Waals surface area (Å²) >= 11 is 0. The van der Waals surface area contributed by atoms with Gasteiger partial charge in [-0.2, -0.15) is 0 Å². The number of nitrogens with one attached hydrogen (secondary N) is 2. The van der Waals surface area contributed by atoms with Gasteiger partial charge in [0.1, 0.15) is 5.84 Å². The number of aromatic nitrogens is 1. The molecule has 76 valence electrons. The maximum absolute atomic E-state index is 7.39. The van der Waals surface area contributed by atoms with Crippen LogP contribution in [0.1, 0.15) is 25.1 Å². The van der Waals surface area contributed by atoms with E-state index in [1.807, 2.05) is 26.8 Å². The van der Waals surface area contributed by atoms with Crippen molar-refractivity contribution in [2.75, 3.05) is 5.32 Å². The average molecular weight is 192 g/mol. The first kappa shape index (κ1) is 10.5. The van der Waals surface area contributed by atoms with Crippen molar-refractivity contribution in [3.8, 4) is 0 Å². The molecule has 1 aromatic rings. The van der Waals surface area contributed by atoms with E-state index in [1.54, 1.807) is 6.20 Å². The molecule has 0 unspecified atom stereocenters. The van der Waals surface area contributed by atoms with Gasteiger partial charge < -0.3 is 11.1 Å². The minimum absolute atomic E-state index is 0.0423. The molecule has 0 spiro atoms. The van der Waals surface area contributed by atoms with Crippen LogP contribution in [0.4, 0.5) is 5.69 Å². The van der Waals surface area contributed by atoms with Crippen molar-refractivity contribution in [2.45, 2.75) is 26.8 Å². The van der Waals surface area contributed by atoms with Crippen LogP contribution in [0.3, 0.4) is 0 Å². The largest absolute Gasteiger partial charge is 0.384 e. The van der Waals surface area contributed by atoms with E-state index in [1.165, 1.54) is 0 Å². The fourth-order valence-corrected chi connectivity index (χ4v) is 1.20. The predicted molar refractivity (Wildman–Crippen MR) is 58.7 cm³/mol. The van der Waals surface area contributed by atoms with Crippen molar-refractivity contribution in [1.29, 1.82) is 5.41 Å². The Morgan fingerprint density at radius 3 is 2.71 bits per heavy atom. The Morgan fingerprint density at radius 1 is 1.57 bits per heavy atom. The Bertz CT molecular complexity index is 344. The lowest BCUT2D eigenvalue weighted by molar-refractivity contribution is 0.897. The molecule has 0 bridgehead atoms. The molecule has 1 aromatic heterocycles. The third-order valence-electron chi connectivity index (χ3n) is 1.78. The second kappa shape index (κ2) is 4.09. The highest BCUT2D eigenvalue weighted by Gasteiger charge is 2.06. The Balaban J connectivity index is 3.09. The van der Waals surface area contributed by atoms with Crippen molar-refractivity contribution < 1.29 is 0 Å². The summed E-state index contributed by atoms with van der Waals surface area (Å²) in [5.74, 6) is 0.0423. The van der Waals surface area contributed by atoms with Gasteiger partial charge in [-0.1, -0.05) is 0 Å². The number of rotatable bonds is 3. The highest BCUT2D eigenvalue weighted by Crippen LogP contribution is 2.15. The number of amidine groups is 1. The van der Waals surface area contributed by atoms with Crippen LogP contribution in [0.15, 0.2) is 12.3 Å². The molecule has 14 heavy (non-hydrogen) atoms. The van der Waals surface area contributed by atoms with Crippen molar-refractivity contribution in [3.63, 3.8) is 0 Å². The molecule has 0 aromatic carbocycles. The van der Waals surface area contributed by atoms with Gasteiger partial charge >= 0.3 is 0 Å². The Hall–Kier alpha value is -1.58. The Kier molecular flexibility index (Phi) is 3.06. The summed E-state index contributed by atoms with van der Waals surface area (Å²) < 4.78 is 0. The van der Waals surface area contributed by atoms with Gasteiger partial charge in [0, 0.05) is 23.6 Å². The van der Waals surface area contributed by atoms with Crippen LogP contribution >= 0.6 is 0 Å². The summed E-state index contributed by atoms with van der Waals surface area (Å²) in [6.45, 7) is 5.99. The summed E-state index contributed by atoms with van der Waals surface area (Å²) in [6.07, 6.45) is 1.63. The van der Waals surface area contributed by atoms with Gasteiger partial charge in [0.2, 0.25) is 0 Å². The molecular formula is C10H16N4. The summed E-state index contributed by atoms with van der Waals surface area (Å²) in [5.41, 5.74) is 7.89. The average Bonchev–Trinajstić information content (AvgIpc) is 2.01. The summed E-state index contributed by atoms with van der Waals surface area (Å²) in [7, 11) is 0. The number of hydrogen-bond donors (Lipinski definition) is 3. The SMILES string of the molecule is Cc1cc(NC(C)C)c(C(=N)N)cn1. The highest BCUT2D eigenvalue weighted by molar-refractivity contribution is 6.00. The number of hydrogen-bond acceptors (Lipinski definition) is 3. The van der Waals surface area contributed by atoms with E-state index in [0.29, 0.717) is 11.6 Å². The van der Waals surface area contributed by atoms with E-state index in [2.05, 4.69) is 10.3 Å². The Labute approximate surface area is 84.1 Å². The highest BCUT2D eigenvalue weighted by atomic mass is 14.9. The molecule has 1 heterocycles. The molecule has 4 N–H and O–H groups in total. The molecule has 0 amide bonds. The van der Waals surface area contributed by atoms with Crippen molar-refractivity contribution in [3.05, 3.63) is 23.5 Å². The van der Waals surface area contributed by atoms with E-state index in [4.69, 9.17) is 11.1 Å². The van der Waals surface area contributed by atoms with Crippen LogP contribution < -0.4 is 11.1 Å². The van der Waals surface area contributed by atoms with Crippen LogP contribution in [-0.2, 0) is 0 Å². The second-order valence-electron chi connectivity index (χ2n) is 3.58. The first-order valence-electron chi connectivity index (χ1n) is 4.58. The van der Waals surface area contributed by atoms with Crippen LogP contribution in [0.25, 0.3) is 0 Å². The maximum atomic E-state index is 7.39. The fraction of sp³-hybridized carbons (Fsp3) is 0.400. The molecule has 0 radical (unpaired) electrons. The first-order chi connectivity index (χ1) is 6.50. The normalized spacial score (nSPS) is 10.3. The molecule has 0 saturated carbocycles. The van der Waals surface area contributed by atoms with Gasteiger partial charge in [-0.05, 0) is 26.8 Å². The lowest BCUT2D eigenvalue weighted by atomic mass is 10.2. The van der Waals surface area contributed by atoms with Gasteiger partial charge in [-0.3, -0.25) is 10.4 Å². The third-order valence-corrected chi connectivity index (χ3v) is 1.78. The third kappa shape index (κ3) is 2.45. The zero-order valence-corrected chi connectivity index (χ0v) is 8.76. The van der Waals surface area contributed by atoms with E-state index in [-0.39, 0.29) is 5.84 Å². The van der Waals surface area contributed by atoms with Gasteiger partial charge in [0.15, 0.2) is 0 Å². The smallest absolute Gasteiger partial charge is 0.126 e. The number of aryl methyl sites for hydroxylation is 1. The molecule has 0 aliphatic heterocycles. The summed E-state index contributed by atoms with van der Waals surface area (Å²) in [6, 6.07) is 2.21. The maximum Gasteiger partial charge on any atom is 0.126 e. The standard InChI is InChI=1S/C10H16N4/c1-6(2)14-9-4-7(3)13-5-8(9)10(11)12/h4-6H,1-3H3,(H3,11,12)(H,13,14). The number of pyridine rings is 1. The van der Waals surface area contributed by atoms with Crippen LogP contribution in [0.5, 0.6) is 0 Å². The van der Waals surface area contributed by atoms with Crippen molar-refractivity contribution >= 4 is 11.5 Å². The molecule has 0 aliphatic rings. The minimum atomic E-state index is 0.0423. The topological polar surface area (TPSA) is 74.8 Å². The monoisotopic (exact) mass is 192 g/mol. The molecule has 4 heteroatoms. The van der Waals surface area contributed by atoms with Gasteiger partial charge in [-0.15, -0.1) is 0 Å². The summed E-state index contributed by atoms with van der Waals surface area (Å²) in [5, 5.41) is 10.6. The van der Waals surface area contributed by atoms with E-state index in [9.17, 15) is 0 Å². The van der Waals surface area contributed by atoms with E-state index >= 15 is 0 Å². The molecule has 0 saturated heterocycles. The van der Waals surface area contributed by atoms with Crippen molar-refractivity contribution in [1.82, 2.24) is 4.98 Å². The predicted octanol–water partition coefficient (Wildman–Crippen LogP) is 1.49. The van der Waals surface area contributed by atoms with E-state index in [0.717, 1.165) is 11.4 Å². The number of nitrogens with two attached hydrogens (primary N) is 1. The number of nitrogen functional groups attached to an aromatic ring is 1. The lowest BCUT2D eigenvalue weighted by Crippen LogP contribution is -2.18. The molecule has 0 aliphatic carbocycles. The van der Waals surface area contributed by atoms with Crippen molar-refractivity contribution in [2.24, 2.45) is 5.73 Å².